The van der Waals surface area contributed by atoms with Gasteiger partial charge in [-0.1, -0.05) is 0 Å². The predicted molar refractivity (Wildman–Crippen MR) is 143 cm³/mol. The minimum atomic E-state index is -1.39. The lowest BCUT2D eigenvalue weighted by Crippen LogP contribution is -2.46. The van der Waals surface area contributed by atoms with E-state index in [-0.39, 0.29) is 29.4 Å². The van der Waals surface area contributed by atoms with Crippen molar-refractivity contribution in [1.82, 2.24) is 15.2 Å². The fraction of sp³-hybridized carbons (Fsp3) is 0.370. The molecular weight excluding hydrogens is 488 g/mol. The summed E-state index contributed by atoms with van der Waals surface area (Å²) < 4.78 is 0. The number of H-pyrrole nitrogens is 1. The molecule has 2 heterocycles. The summed E-state index contributed by atoms with van der Waals surface area (Å²) in [5.41, 5.74) is 1.18. The van der Waals surface area contributed by atoms with Crippen molar-refractivity contribution in [2.75, 3.05) is 18.4 Å². The fourth-order valence-electron chi connectivity index (χ4n) is 4.43. The summed E-state index contributed by atoms with van der Waals surface area (Å²) in [5, 5.41) is 33.9. The Morgan fingerprint density at radius 1 is 1.00 bits per heavy atom. The van der Waals surface area contributed by atoms with Crippen LogP contribution in [0.3, 0.4) is 0 Å². The Labute approximate surface area is 219 Å². The van der Waals surface area contributed by atoms with Gasteiger partial charge < -0.3 is 25.7 Å². The molecule has 1 unspecified atom stereocenters. The SMILES string of the molecule is CC(=O)C(N=Nc1ccc2c(O)[nH]c(O)c2c1)C(=O)Nc1ccc(C(=O)NC2CCN(C(C)C)CC2)cc1. The maximum Gasteiger partial charge on any atom is 0.258 e. The Bertz CT molecular complexity index is 1360. The van der Waals surface area contributed by atoms with Gasteiger partial charge in [0.2, 0.25) is 6.04 Å². The van der Waals surface area contributed by atoms with Crippen molar-refractivity contribution in [3.05, 3.63) is 48.0 Å². The number of nitrogens with one attached hydrogen (secondary N) is 3. The molecule has 11 heteroatoms. The lowest BCUT2D eigenvalue weighted by atomic mass is 10.0. The highest BCUT2D eigenvalue weighted by molar-refractivity contribution is 6.10. The first-order valence-electron chi connectivity index (χ1n) is 12.5. The van der Waals surface area contributed by atoms with E-state index in [9.17, 15) is 24.6 Å². The van der Waals surface area contributed by atoms with Crippen LogP contribution in [0.15, 0.2) is 52.7 Å². The lowest BCUT2D eigenvalue weighted by molar-refractivity contribution is -0.126. The van der Waals surface area contributed by atoms with Gasteiger partial charge in [-0.3, -0.25) is 19.4 Å². The average Bonchev–Trinajstić information content (AvgIpc) is 3.17. The van der Waals surface area contributed by atoms with E-state index in [2.05, 4.69) is 44.6 Å². The maximum atomic E-state index is 12.8. The third kappa shape index (κ3) is 6.17. The Morgan fingerprint density at radius 2 is 1.66 bits per heavy atom. The molecule has 11 nitrogen and oxygen atoms in total. The number of carbonyl (C=O) groups is 3. The van der Waals surface area contributed by atoms with Crippen LogP contribution in [0.25, 0.3) is 10.8 Å². The smallest absolute Gasteiger partial charge is 0.258 e. The number of aromatic amines is 1. The second kappa shape index (κ2) is 11.4. The molecule has 2 aromatic carbocycles. The molecule has 3 aromatic rings. The van der Waals surface area contributed by atoms with Gasteiger partial charge in [-0.2, -0.15) is 10.2 Å². The van der Waals surface area contributed by atoms with Crippen LogP contribution in [0.5, 0.6) is 11.8 Å². The number of hydrogen-bond donors (Lipinski definition) is 5. The van der Waals surface area contributed by atoms with E-state index >= 15 is 0 Å². The van der Waals surface area contributed by atoms with Crippen LogP contribution in [0.4, 0.5) is 11.4 Å². The summed E-state index contributed by atoms with van der Waals surface area (Å²) in [7, 11) is 0. The molecule has 1 atom stereocenters. The quantitative estimate of drug-likeness (QED) is 0.224. The van der Waals surface area contributed by atoms with Crippen LogP contribution in [-0.2, 0) is 9.59 Å². The standard InChI is InChI=1S/C27H32N6O5/c1-15(2)33-12-10-19(11-13-33)28-24(35)17-4-6-18(7-5-17)29-27(38)23(16(3)34)32-31-20-8-9-21-22(14-20)26(37)30-25(21)36/h4-9,14-15,19,23,30,36-37H,10-13H2,1-3H3,(H,28,35)(H,29,38). The maximum absolute atomic E-state index is 12.8. The Morgan fingerprint density at radius 3 is 2.29 bits per heavy atom. The van der Waals surface area contributed by atoms with Crippen molar-refractivity contribution < 1.29 is 24.6 Å². The van der Waals surface area contributed by atoms with Crippen molar-refractivity contribution in [2.45, 2.75) is 51.7 Å². The van der Waals surface area contributed by atoms with Crippen LogP contribution in [0.1, 0.15) is 44.0 Å². The number of azo groups is 1. The van der Waals surface area contributed by atoms with Crippen molar-refractivity contribution in [3.63, 3.8) is 0 Å². The van der Waals surface area contributed by atoms with Crippen LogP contribution >= 0.6 is 0 Å². The number of aromatic nitrogens is 1. The largest absolute Gasteiger partial charge is 0.494 e. The predicted octanol–water partition coefficient (Wildman–Crippen LogP) is 3.86. The summed E-state index contributed by atoms with van der Waals surface area (Å²) >= 11 is 0. The number of benzene rings is 2. The highest BCUT2D eigenvalue weighted by Crippen LogP contribution is 2.34. The number of ketones is 1. The number of fused-ring (bicyclic) bond motifs is 1. The third-order valence-electron chi connectivity index (χ3n) is 6.68. The van der Waals surface area contributed by atoms with Gasteiger partial charge in [0.15, 0.2) is 17.5 Å². The van der Waals surface area contributed by atoms with E-state index in [1.165, 1.54) is 25.1 Å². The first kappa shape index (κ1) is 26.8. The van der Waals surface area contributed by atoms with Crippen LogP contribution < -0.4 is 10.6 Å². The van der Waals surface area contributed by atoms with Gasteiger partial charge in [0.1, 0.15) is 0 Å². The molecule has 0 bridgehead atoms. The zero-order valence-electron chi connectivity index (χ0n) is 21.6. The number of nitrogens with zero attached hydrogens (tertiary/aromatic N) is 3. The molecule has 2 amide bonds. The van der Waals surface area contributed by atoms with Gasteiger partial charge in [0.05, 0.1) is 5.69 Å². The molecule has 1 aliphatic rings. The zero-order valence-corrected chi connectivity index (χ0v) is 21.6. The first-order chi connectivity index (χ1) is 18.1. The monoisotopic (exact) mass is 520 g/mol. The second-order valence-corrected chi connectivity index (χ2v) is 9.72. The van der Waals surface area contributed by atoms with Crippen molar-refractivity contribution in [1.29, 1.82) is 0 Å². The van der Waals surface area contributed by atoms with Crippen LogP contribution in [0, 0.1) is 0 Å². The number of amides is 2. The number of Topliss-reactive ketones (excluding diaryl/α,β-unsaturated/α-hetero) is 1. The first-order valence-corrected chi connectivity index (χ1v) is 12.5. The topological polar surface area (TPSA) is 159 Å². The number of piperidine rings is 1. The molecule has 0 radical (unpaired) electrons. The number of carbonyl (C=O) groups excluding carboxylic acids is 3. The molecule has 1 fully saturated rings. The summed E-state index contributed by atoms with van der Waals surface area (Å²) in [5.74, 6) is -1.76. The molecule has 1 aromatic heterocycles. The number of likely N-dealkylation sites (tertiary alicyclic amines) is 1. The Hall–Kier alpha value is -4.25. The van der Waals surface area contributed by atoms with Gasteiger partial charge in [0, 0.05) is 47.2 Å². The van der Waals surface area contributed by atoms with Gasteiger partial charge >= 0.3 is 0 Å². The average molecular weight is 521 g/mol. The second-order valence-electron chi connectivity index (χ2n) is 9.72. The van der Waals surface area contributed by atoms with Gasteiger partial charge in [0.25, 0.3) is 11.8 Å². The molecule has 0 spiro atoms. The van der Waals surface area contributed by atoms with E-state index in [1.54, 1.807) is 24.3 Å². The van der Waals surface area contributed by atoms with Gasteiger partial charge in [-0.25, -0.2) is 0 Å². The highest BCUT2D eigenvalue weighted by atomic mass is 16.3. The molecule has 5 N–H and O–H groups in total. The number of anilines is 1. The van der Waals surface area contributed by atoms with Gasteiger partial charge in [-0.15, -0.1) is 0 Å². The molecule has 0 aliphatic carbocycles. The van der Waals surface area contributed by atoms with Crippen molar-refractivity contribution in [3.8, 4) is 11.8 Å². The molecule has 200 valence electrons. The van der Waals surface area contributed by atoms with Crippen LogP contribution in [-0.4, -0.2) is 68.9 Å². The van der Waals surface area contributed by atoms with Crippen molar-refractivity contribution >= 4 is 39.7 Å². The normalized spacial score (nSPS) is 15.7. The van der Waals surface area contributed by atoms with E-state index < -0.39 is 17.7 Å². The molecule has 38 heavy (non-hydrogen) atoms. The summed E-state index contributed by atoms with van der Waals surface area (Å²) in [6.45, 7) is 7.49. The summed E-state index contributed by atoms with van der Waals surface area (Å²) in [6.07, 6.45) is 1.81. The highest BCUT2D eigenvalue weighted by Gasteiger charge is 2.24. The van der Waals surface area contributed by atoms with Crippen LogP contribution in [0.2, 0.25) is 0 Å². The van der Waals surface area contributed by atoms with Gasteiger partial charge in [-0.05, 0) is 76.1 Å². The zero-order chi connectivity index (χ0) is 27.4. The summed E-state index contributed by atoms with van der Waals surface area (Å²) in [6, 6.07) is 10.2. The molecule has 0 saturated carbocycles. The van der Waals surface area contributed by atoms with E-state index in [0.29, 0.717) is 28.1 Å². The van der Waals surface area contributed by atoms with Crippen molar-refractivity contribution in [2.24, 2.45) is 10.2 Å². The molecular formula is C27H32N6O5. The lowest BCUT2D eigenvalue weighted by Gasteiger charge is -2.34. The minimum absolute atomic E-state index is 0.131. The van der Waals surface area contributed by atoms with E-state index in [0.717, 1.165) is 25.9 Å². The fourth-order valence-corrected chi connectivity index (χ4v) is 4.43. The molecule has 4 rings (SSSR count). The number of hydrogen-bond acceptors (Lipinski definition) is 8. The molecule has 1 saturated heterocycles. The Balaban J connectivity index is 1.36. The Kier molecular flexibility index (Phi) is 8.06. The van der Waals surface area contributed by atoms with E-state index in [1.807, 2.05) is 0 Å². The number of aromatic hydroxyl groups is 2. The minimum Gasteiger partial charge on any atom is -0.494 e. The van der Waals surface area contributed by atoms with E-state index in [4.69, 9.17) is 0 Å². The number of rotatable bonds is 8. The summed E-state index contributed by atoms with van der Waals surface area (Å²) in [4.78, 5) is 42.3. The molecule has 1 aliphatic heterocycles. The third-order valence-corrected chi connectivity index (χ3v) is 6.68.